The highest BCUT2D eigenvalue weighted by Gasteiger charge is 2.21. The predicted octanol–water partition coefficient (Wildman–Crippen LogP) is 3.00. The summed E-state index contributed by atoms with van der Waals surface area (Å²) in [6.07, 6.45) is 5.15. The van der Waals surface area contributed by atoms with Gasteiger partial charge in [0.05, 0.1) is 35.2 Å². The molecule has 4 aromatic rings. The number of aryl methyl sites for hydroxylation is 1. The third-order valence-corrected chi connectivity index (χ3v) is 7.70. The van der Waals surface area contributed by atoms with Crippen molar-refractivity contribution in [3.05, 3.63) is 75.5 Å². The highest BCUT2D eigenvalue weighted by molar-refractivity contribution is 6.31. The molecule has 1 aliphatic heterocycles. The monoisotopic (exact) mass is 595 g/mol. The van der Waals surface area contributed by atoms with E-state index in [4.69, 9.17) is 27.8 Å². The molecule has 10 nitrogen and oxygen atoms in total. The number of nitrogens with one attached hydrogen (secondary N) is 1. The summed E-state index contributed by atoms with van der Waals surface area (Å²) < 4.78 is 22.4. The highest BCUT2D eigenvalue weighted by atomic mass is 35.5. The van der Waals surface area contributed by atoms with Crippen LogP contribution in [0.2, 0.25) is 5.02 Å². The molecule has 5 rings (SSSR count). The second-order valence-electron chi connectivity index (χ2n) is 10.9. The van der Waals surface area contributed by atoms with Crippen LogP contribution in [0.1, 0.15) is 31.7 Å². The zero-order valence-electron chi connectivity index (χ0n) is 23.7. The molecule has 2 atom stereocenters. The Balaban J connectivity index is 1.35. The third kappa shape index (κ3) is 6.92. The van der Waals surface area contributed by atoms with Crippen LogP contribution in [0.4, 0.5) is 10.1 Å². The fourth-order valence-electron chi connectivity index (χ4n) is 5.25. The van der Waals surface area contributed by atoms with Gasteiger partial charge in [-0.2, -0.15) is 4.98 Å². The number of fused-ring (bicyclic) bond motifs is 1. The molecular formula is C30H37ClFN8O2+. The molecule has 0 radical (unpaired) electrons. The Morgan fingerprint density at radius 1 is 1.26 bits per heavy atom. The minimum absolute atomic E-state index is 0.0243. The molecule has 1 aliphatic rings. The van der Waals surface area contributed by atoms with E-state index in [0.29, 0.717) is 47.2 Å². The van der Waals surface area contributed by atoms with Crippen LogP contribution in [-0.4, -0.2) is 58.9 Å². The number of rotatable bonds is 10. The van der Waals surface area contributed by atoms with Crippen molar-refractivity contribution in [2.75, 3.05) is 31.1 Å². The molecular weight excluding hydrogens is 559 g/mol. The minimum Gasteiger partial charge on any atom is -0.374 e. The van der Waals surface area contributed by atoms with Crippen LogP contribution in [0.25, 0.3) is 28.0 Å². The number of morpholine rings is 1. The molecule has 0 aliphatic carbocycles. The van der Waals surface area contributed by atoms with Gasteiger partial charge in [-0.15, -0.1) is 0 Å². The molecule has 42 heavy (non-hydrogen) atoms. The largest absolute Gasteiger partial charge is 0.374 e. The van der Waals surface area contributed by atoms with Crippen molar-refractivity contribution in [1.29, 1.82) is 0 Å². The lowest BCUT2D eigenvalue weighted by Gasteiger charge is -2.34. The molecule has 0 saturated carbocycles. The van der Waals surface area contributed by atoms with Crippen molar-refractivity contribution in [3.8, 4) is 16.9 Å². The Bertz CT molecular complexity index is 1630. The molecule has 3 heterocycles. The van der Waals surface area contributed by atoms with E-state index >= 15 is 4.39 Å². The predicted molar refractivity (Wildman–Crippen MR) is 165 cm³/mol. The summed E-state index contributed by atoms with van der Waals surface area (Å²) in [5.41, 5.74) is 18.3. The summed E-state index contributed by atoms with van der Waals surface area (Å²) in [7, 11) is 0. The summed E-state index contributed by atoms with van der Waals surface area (Å²) in [4.78, 5) is 26.6. The Kier molecular flexibility index (Phi) is 9.10. The van der Waals surface area contributed by atoms with E-state index in [0.717, 1.165) is 50.0 Å². The van der Waals surface area contributed by atoms with Crippen LogP contribution in [0, 0.1) is 5.82 Å². The number of hydrogen-bond acceptors (Lipinski definition) is 5. The van der Waals surface area contributed by atoms with Crippen LogP contribution in [-0.2, 0) is 11.2 Å². The van der Waals surface area contributed by atoms with Gasteiger partial charge < -0.3 is 31.8 Å². The lowest BCUT2D eigenvalue weighted by atomic mass is 10.0. The summed E-state index contributed by atoms with van der Waals surface area (Å²) in [5.74, 6) is -0.432. The number of aromatic amines is 1. The summed E-state index contributed by atoms with van der Waals surface area (Å²) in [5, 5.41) is 0.745. The van der Waals surface area contributed by atoms with Crippen molar-refractivity contribution in [1.82, 2.24) is 14.5 Å². The number of guanidine groups is 1. The molecule has 0 spiro atoms. The van der Waals surface area contributed by atoms with Crippen molar-refractivity contribution in [2.24, 2.45) is 16.5 Å². The lowest BCUT2D eigenvalue weighted by Crippen LogP contribution is -2.58. The summed E-state index contributed by atoms with van der Waals surface area (Å²) in [6, 6.07) is 13.3. The molecule has 2 aromatic carbocycles. The molecule has 2 unspecified atom stereocenters. The van der Waals surface area contributed by atoms with E-state index in [1.54, 1.807) is 18.3 Å². The number of hydrogen-bond donors (Lipinski definition) is 4. The lowest BCUT2D eigenvalue weighted by molar-refractivity contribution is -0.415. The van der Waals surface area contributed by atoms with Gasteiger partial charge in [0.15, 0.2) is 11.8 Å². The molecule has 1 fully saturated rings. The number of aliphatic imine (C=N–C) groups is 1. The fraction of sp³-hybridized carbons (Fsp3) is 0.367. The van der Waals surface area contributed by atoms with Gasteiger partial charge in [-0.1, -0.05) is 11.6 Å². The first-order chi connectivity index (χ1) is 20.2. The normalized spacial score (nSPS) is 16.1. The van der Waals surface area contributed by atoms with Gasteiger partial charge >= 0.3 is 5.69 Å². The second-order valence-corrected chi connectivity index (χ2v) is 11.3. The van der Waals surface area contributed by atoms with E-state index in [9.17, 15) is 4.79 Å². The van der Waals surface area contributed by atoms with Gasteiger partial charge in [0.2, 0.25) is 0 Å². The number of ether oxygens (including phenoxy) is 1. The number of nitrogens with two attached hydrogens (primary N) is 2. The van der Waals surface area contributed by atoms with Gasteiger partial charge in [-0.25, -0.2) is 9.18 Å². The number of anilines is 1. The topological polar surface area (TPSA) is 155 Å². The van der Waals surface area contributed by atoms with Gasteiger partial charge in [-0.05, 0) is 80.6 Å². The first-order valence-corrected chi connectivity index (χ1v) is 14.5. The van der Waals surface area contributed by atoms with Crippen molar-refractivity contribution < 1.29 is 14.9 Å². The van der Waals surface area contributed by atoms with E-state index in [1.165, 1.54) is 4.57 Å². The molecule has 222 valence electrons. The number of nitrogens with zero attached hydrogens (tertiary/aromatic N) is 4. The average Bonchev–Trinajstić information content (AvgIpc) is 3.37. The quantitative estimate of drug-likeness (QED) is 0.163. The van der Waals surface area contributed by atoms with Gasteiger partial charge in [0.1, 0.15) is 5.65 Å². The Hall–Kier alpha value is -3.93. The number of halogens is 2. The molecule has 8 N–H and O–H groups in total. The Labute approximate surface area is 248 Å². The van der Waals surface area contributed by atoms with E-state index in [1.807, 2.05) is 30.3 Å². The molecule has 0 amide bonds. The average molecular weight is 596 g/mol. The zero-order chi connectivity index (χ0) is 29.8. The van der Waals surface area contributed by atoms with E-state index in [2.05, 4.69) is 32.5 Å². The number of quaternary nitrogens is 1. The van der Waals surface area contributed by atoms with Crippen molar-refractivity contribution >= 4 is 34.3 Å². The Morgan fingerprint density at radius 3 is 2.76 bits per heavy atom. The summed E-state index contributed by atoms with van der Waals surface area (Å²) in [6.45, 7) is 4.67. The first-order valence-electron chi connectivity index (χ1n) is 14.1. The third-order valence-electron chi connectivity index (χ3n) is 7.43. The smallest absolute Gasteiger partial charge is 0.354 e. The van der Waals surface area contributed by atoms with Gasteiger partial charge in [0, 0.05) is 42.5 Å². The fourth-order valence-corrected chi connectivity index (χ4v) is 5.50. The Morgan fingerprint density at radius 2 is 2.02 bits per heavy atom. The van der Waals surface area contributed by atoms with Crippen molar-refractivity contribution in [2.45, 2.75) is 44.8 Å². The van der Waals surface area contributed by atoms with Crippen LogP contribution >= 0.6 is 11.6 Å². The molecule has 2 aromatic heterocycles. The van der Waals surface area contributed by atoms with E-state index in [-0.39, 0.29) is 17.1 Å². The van der Waals surface area contributed by atoms with Gasteiger partial charge in [-0.3, -0.25) is 9.56 Å². The summed E-state index contributed by atoms with van der Waals surface area (Å²) >= 11 is 6.25. The molecule has 0 bridgehead atoms. The van der Waals surface area contributed by atoms with Crippen LogP contribution in [0.15, 0.2) is 58.4 Å². The number of H-pyrrole nitrogens is 1. The van der Waals surface area contributed by atoms with Crippen LogP contribution in [0.3, 0.4) is 0 Å². The van der Waals surface area contributed by atoms with Gasteiger partial charge in [0.25, 0.3) is 0 Å². The van der Waals surface area contributed by atoms with Crippen LogP contribution < -0.4 is 27.8 Å². The second kappa shape index (κ2) is 12.9. The zero-order valence-corrected chi connectivity index (χ0v) is 24.4. The number of aromatic nitrogens is 3. The minimum atomic E-state index is -0.509. The maximum atomic E-state index is 15.1. The SMILES string of the molecule is CC([NH3+])CCCc1cc(Cl)c(F)c(-c2cc3cn(-c4ccc(N5CCOC(CCN=C(N)N)C5)cc4)c(=O)nc3[nH]2)c1. The maximum absolute atomic E-state index is 15.1. The molecule has 1 saturated heterocycles. The molecule has 12 heteroatoms. The van der Waals surface area contributed by atoms with E-state index < -0.39 is 11.5 Å². The number of benzene rings is 2. The maximum Gasteiger partial charge on any atom is 0.354 e. The standard InChI is InChI=1S/C30H36ClFN8O2/c1-18(33)3-2-4-19-13-24(27(32)25(31)14-19)26-15-20-16-40(30(41)38-28(20)37-26)22-7-5-21(6-8-22)39-11-12-42-23(17-39)9-10-36-29(34)35/h5-8,13-16,18,23H,2-4,9-12,17,33H2,1H3,(H4,34,35,36)(H,37,38,41)/p+1. The van der Waals surface area contributed by atoms with Crippen molar-refractivity contribution in [3.63, 3.8) is 0 Å². The highest BCUT2D eigenvalue weighted by Crippen LogP contribution is 2.31. The first kappa shape index (κ1) is 29.6. The van der Waals surface area contributed by atoms with Crippen LogP contribution in [0.5, 0.6) is 0 Å².